The predicted molar refractivity (Wildman–Crippen MR) is 44.0 cm³/mol. The SMILES string of the molecule is CCCC[NH2+]C1CCCC1. The van der Waals surface area contributed by atoms with Gasteiger partial charge in [0.2, 0.25) is 0 Å². The van der Waals surface area contributed by atoms with E-state index in [4.69, 9.17) is 0 Å². The van der Waals surface area contributed by atoms with Crippen molar-refractivity contribution in [2.24, 2.45) is 0 Å². The minimum atomic E-state index is 0.992. The fourth-order valence-electron chi connectivity index (χ4n) is 1.75. The monoisotopic (exact) mass is 142 g/mol. The molecule has 1 nitrogen and oxygen atoms in total. The van der Waals surface area contributed by atoms with Gasteiger partial charge in [0.05, 0.1) is 12.6 Å². The van der Waals surface area contributed by atoms with Gasteiger partial charge in [-0.1, -0.05) is 13.3 Å². The topological polar surface area (TPSA) is 16.6 Å². The number of rotatable bonds is 4. The van der Waals surface area contributed by atoms with Gasteiger partial charge in [0.1, 0.15) is 0 Å². The molecule has 0 bridgehead atoms. The summed E-state index contributed by atoms with van der Waals surface area (Å²) >= 11 is 0. The maximum Gasteiger partial charge on any atom is 0.0859 e. The van der Waals surface area contributed by atoms with E-state index in [0.29, 0.717) is 0 Å². The third-order valence-corrected chi connectivity index (χ3v) is 2.46. The van der Waals surface area contributed by atoms with E-state index in [9.17, 15) is 0 Å². The normalized spacial score (nSPS) is 20.1. The Morgan fingerprint density at radius 3 is 2.60 bits per heavy atom. The Kier molecular flexibility index (Phi) is 3.81. The summed E-state index contributed by atoms with van der Waals surface area (Å²) in [5, 5.41) is 2.55. The molecule has 2 N–H and O–H groups in total. The van der Waals surface area contributed by atoms with Crippen LogP contribution in [0.5, 0.6) is 0 Å². The van der Waals surface area contributed by atoms with Gasteiger partial charge in [-0.05, 0) is 32.1 Å². The summed E-state index contributed by atoms with van der Waals surface area (Å²) in [5.74, 6) is 0. The van der Waals surface area contributed by atoms with Gasteiger partial charge in [-0.2, -0.15) is 0 Å². The second-order valence-corrected chi connectivity index (χ2v) is 3.42. The van der Waals surface area contributed by atoms with Crippen LogP contribution in [0.3, 0.4) is 0 Å². The maximum absolute atomic E-state index is 2.55. The molecule has 0 aromatic heterocycles. The van der Waals surface area contributed by atoms with Crippen molar-refractivity contribution in [2.75, 3.05) is 6.54 Å². The molecule has 0 radical (unpaired) electrons. The highest BCUT2D eigenvalue weighted by atomic mass is 14.9. The smallest absolute Gasteiger partial charge is 0.0859 e. The van der Waals surface area contributed by atoms with E-state index in [1.807, 2.05) is 0 Å². The van der Waals surface area contributed by atoms with Gasteiger partial charge in [-0.25, -0.2) is 0 Å². The van der Waals surface area contributed by atoms with Gasteiger partial charge in [-0.3, -0.25) is 0 Å². The lowest BCUT2D eigenvalue weighted by molar-refractivity contribution is -0.688. The first-order chi connectivity index (χ1) is 4.93. The predicted octanol–water partition coefficient (Wildman–Crippen LogP) is 1.29. The van der Waals surface area contributed by atoms with Crippen LogP contribution in [0.2, 0.25) is 0 Å². The molecule has 0 amide bonds. The molecule has 1 saturated carbocycles. The zero-order valence-electron chi connectivity index (χ0n) is 7.10. The summed E-state index contributed by atoms with van der Waals surface area (Å²) in [6.07, 6.45) is 8.66. The van der Waals surface area contributed by atoms with Gasteiger partial charge in [-0.15, -0.1) is 0 Å². The number of quaternary nitrogens is 1. The molecule has 0 heterocycles. The molecular formula is C9H20N+. The van der Waals surface area contributed by atoms with E-state index in [0.717, 1.165) is 6.04 Å². The van der Waals surface area contributed by atoms with Crippen LogP contribution >= 0.6 is 0 Å². The summed E-state index contributed by atoms with van der Waals surface area (Å²) in [4.78, 5) is 0. The first-order valence-electron chi connectivity index (χ1n) is 4.77. The lowest BCUT2D eigenvalue weighted by atomic mass is 10.2. The molecule has 1 heteroatoms. The van der Waals surface area contributed by atoms with E-state index in [2.05, 4.69) is 12.2 Å². The molecule has 0 unspecified atom stereocenters. The molecule has 0 saturated heterocycles. The first kappa shape index (κ1) is 8.06. The van der Waals surface area contributed by atoms with Crippen LogP contribution in [-0.2, 0) is 0 Å². The van der Waals surface area contributed by atoms with Crippen LogP contribution < -0.4 is 5.32 Å². The molecular weight excluding hydrogens is 122 g/mol. The second-order valence-electron chi connectivity index (χ2n) is 3.42. The average Bonchev–Trinajstić information content (AvgIpc) is 2.41. The second kappa shape index (κ2) is 4.73. The van der Waals surface area contributed by atoms with Gasteiger partial charge in [0, 0.05) is 0 Å². The number of hydrogen-bond donors (Lipinski definition) is 1. The fraction of sp³-hybridized carbons (Fsp3) is 1.00. The number of hydrogen-bond acceptors (Lipinski definition) is 0. The minimum absolute atomic E-state index is 0.992. The standard InChI is InChI=1S/C9H19N/c1-2-3-8-10-9-6-4-5-7-9/h9-10H,2-8H2,1H3/p+1. The molecule has 1 aliphatic carbocycles. The van der Waals surface area contributed by atoms with Crippen molar-refractivity contribution in [1.82, 2.24) is 0 Å². The molecule has 0 spiro atoms. The molecule has 60 valence electrons. The summed E-state index contributed by atoms with van der Waals surface area (Å²) < 4.78 is 0. The molecule has 0 aliphatic heterocycles. The Labute approximate surface area is 64.2 Å². The van der Waals surface area contributed by atoms with E-state index >= 15 is 0 Å². The molecule has 0 atom stereocenters. The van der Waals surface area contributed by atoms with Crippen molar-refractivity contribution in [3.05, 3.63) is 0 Å². The Morgan fingerprint density at radius 1 is 1.30 bits per heavy atom. The zero-order valence-corrected chi connectivity index (χ0v) is 7.10. The highest BCUT2D eigenvalue weighted by Gasteiger charge is 2.16. The van der Waals surface area contributed by atoms with Crippen LogP contribution in [0.1, 0.15) is 45.4 Å². The van der Waals surface area contributed by atoms with Crippen molar-refractivity contribution in [2.45, 2.75) is 51.5 Å². The minimum Gasteiger partial charge on any atom is -0.344 e. The first-order valence-corrected chi connectivity index (χ1v) is 4.77. The third kappa shape index (κ3) is 2.70. The van der Waals surface area contributed by atoms with E-state index in [1.54, 1.807) is 0 Å². The molecule has 10 heavy (non-hydrogen) atoms. The molecule has 1 fully saturated rings. The number of unbranched alkanes of at least 4 members (excludes halogenated alkanes) is 1. The number of nitrogens with two attached hydrogens (primary N) is 1. The summed E-state index contributed by atoms with van der Waals surface area (Å²) in [6.45, 7) is 3.63. The Hall–Kier alpha value is -0.0400. The average molecular weight is 142 g/mol. The molecule has 1 aliphatic rings. The van der Waals surface area contributed by atoms with Gasteiger partial charge in [0.25, 0.3) is 0 Å². The maximum atomic E-state index is 2.55. The summed E-state index contributed by atoms with van der Waals surface area (Å²) in [5.41, 5.74) is 0. The van der Waals surface area contributed by atoms with Crippen molar-refractivity contribution in [1.29, 1.82) is 0 Å². The lowest BCUT2D eigenvalue weighted by Crippen LogP contribution is -2.89. The Bertz CT molecular complexity index is 74.8. The van der Waals surface area contributed by atoms with Crippen LogP contribution in [0, 0.1) is 0 Å². The van der Waals surface area contributed by atoms with E-state index < -0.39 is 0 Å². The van der Waals surface area contributed by atoms with Crippen LogP contribution in [0.15, 0.2) is 0 Å². The third-order valence-electron chi connectivity index (χ3n) is 2.46. The van der Waals surface area contributed by atoms with Crippen LogP contribution in [0.25, 0.3) is 0 Å². The molecule has 0 aromatic carbocycles. The van der Waals surface area contributed by atoms with E-state index in [-0.39, 0.29) is 0 Å². The Morgan fingerprint density at radius 2 is 2.00 bits per heavy atom. The van der Waals surface area contributed by atoms with Gasteiger partial charge in [0.15, 0.2) is 0 Å². The van der Waals surface area contributed by atoms with Crippen molar-refractivity contribution in [3.8, 4) is 0 Å². The summed E-state index contributed by atoms with van der Waals surface area (Å²) in [7, 11) is 0. The quantitative estimate of drug-likeness (QED) is 0.570. The molecule has 0 aromatic rings. The van der Waals surface area contributed by atoms with Crippen molar-refractivity contribution in [3.63, 3.8) is 0 Å². The Balaban J connectivity index is 1.91. The summed E-state index contributed by atoms with van der Waals surface area (Å²) in [6, 6.07) is 0.992. The lowest BCUT2D eigenvalue weighted by Gasteiger charge is -2.06. The van der Waals surface area contributed by atoms with Crippen LogP contribution in [-0.4, -0.2) is 12.6 Å². The largest absolute Gasteiger partial charge is 0.344 e. The van der Waals surface area contributed by atoms with Crippen LogP contribution in [0.4, 0.5) is 0 Å². The van der Waals surface area contributed by atoms with Gasteiger partial charge >= 0.3 is 0 Å². The zero-order chi connectivity index (χ0) is 7.23. The fourth-order valence-corrected chi connectivity index (χ4v) is 1.75. The van der Waals surface area contributed by atoms with Crippen molar-refractivity contribution < 1.29 is 5.32 Å². The molecule has 1 rings (SSSR count). The highest BCUT2D eigenvalue weighted by molar-refractivity contribution is 4.63. The highest BCUT2D eigenvalue weighted by Crippen LogP contribution is 2.14. The van der Waals surface area contributed by atoms with E-state index in [1.165, 1.54) is 45.1 Å². The van der Waals surface area contributed by atoms with Gasteiger partial charge < -0.3 is 5.32 Å². The van der Waals surface area contributed by atoms with Crippen molar-refractivity contribution >= 4 is 0 Å².